The van der Waals surface area contributed by atoms with Crippen molar-refractivity contribution in [1.82, 2.24) is 10.3 Å². The number of methoxy groups -OCH3 is 1. The Morgan fingerprint density at radius 2 is 1.79 bits per heavy atom. The molecule has 5 rings (SSSR count). The van der Waals surface area contributed by atoms with Crippen molar-refractivity contribution in [2.45, 2.75) is 39.2 Å². The fourth-order valence-electron chi connectivity index (χ4n) is 4.72. The van der Waals surface area contributed by atoms with Gasteiger partial charge in [-0.3, -0.25) is 9.59 Å². The van der Waals surface area contributed by atoms with Crippen LogP contribution < -0.4 is 10.2 Å². The Bertz CT molecular complexity index is 1270. The summed E-state index contributed by atoms with van der Waals surface area (Å²) in [6, 6.07) is 15.1. The van der Waals surface area contributed by atoms with Gasteiger partial charge in [-0.2, -0.15) is 5.10 Å². The Kier molecular flexibility index (Phi) is 5.92. The highest BCUT2D eigenvalue weighted by atomic mass is 16.5. The SMILES string of the molecule is COc1ccc(C(=O)N/N=C2\CCCc3oc(C(=O)N4CCc5ccccc5C4)c(C)c32)cc1. The first-order valence-electron chi connectivity index (χ1n) is 11.5. The molecule has 0 fully saturated rings. The summed E-state index contributed by atoms with van der Waals surface area (Å²) in [5, 5.41) is 4.42. The van der Waals surface area contributed by atoms with Gasteiger partial charge in [-0.15, -0.1) is 0 Å². The summed E-state index contributed by atoms with van der Waals surface area (Å²) in [6.45, 7) is 3.15. The van der Waals surface area contributed by atoms with E-state index in [1.54, 1.807) is 31.4 Å². The van der Waals surface area contributed by atoms with Crippen LogP contribution in [0.3, 0.4) is 0 Å². The molecule has 7 heteroatoms. The maximum absolute atomic E-state index is 13.4. The molecule has 0 spiro atoms. The lowest BCUT2D eigenvalue weighted by molar-refractivity contribution is 0.0699. The van der Waals surface area contributed by atoms with Crippen molar-refractivity contribution < 1.29 is 18.7 Å². The fraction of sp³-hybridized carbons (Fsp3) is 0.296. The average molecular weight is 458 g/mol. The van der Waals surface area contributed by atoms with E-state index in [4.69, 9.17) is 9.15 Å². The van der Waals surface area contributed by atoms with E-state index < -0.39 is 0 Å². The topological polar surface area (TPSA) is 84.1 Å². The molecule has 2 amide bonds. The number of furan rings is 1. The van der Waals surface area contributed by atoms with E-state index in [1.165, 1.54) is 11.1 Å². The van der Waals surface area contributed by atoms with E-state index in [-0.39, 0.29) is 11.8 Å². The van der Waals surface area contributed by atoms with Gasteiger partial charge in [0.15, 0.2) is 5.76 Å². The second-order valence-electron chi connectivity index (χ2n) is 8.68. The molecule has 34 heavy (non-hydrogen) atoms. The summed E-state index contributed by atoms with van der Waals surface area (Å²) in [4.78, 5) is 27.8. The molecule has 2 heterocycles. The molecule has 1 aliphatic carbocycles. The van der Waals surface area contributed by atoms with Crippen LogP contribution >= 0.6 is 0 Å². The molecular formula is C27H27N3O4. The fourth-order valence-corrected chi connectivity index (χ4v) is 4.72. The summed E-state index contributed by atoms with van der Waals surface area (Å²) in [5.41, 5.74) is 8.01. The van der Waals surface area contributed by atoms with Gasteiger partial charge in [0.2, 0.25) is 0 Å². The number of benzene rings is 2. The summed E-state index contributed by atoms with van der Waals surface area (Å²) >= 11 is 0. The number of nitrogens with one attached hydrogen (secondary N) is 1. The van der Waals surface area contributed by atoms with Crippen molar-refractivity contribution in [3.8, 4) is 5.75 Å². The molecule has 0 saturated carbocycles. The molecule has 174 valence electrons. The molecule has 2 aromatic carbocycles. The van der Waals surface area contributed by atoms with Gasteiger partial charge in [-0.25, -0.2) is 5.43 Å². The smallest absolute Gasteiger partial charge is 0.290 e. The van der Waals surface area contributed by atoms with Crippen LogP contribution in [-0.4, -0.2) is 36.1 Å². The number of fused-ring (bicyclic) bond motifs is 2. The Morgan fingerprint density at radius 1 is 1.03 bits per heavy atom. The molecule has 1 N–H and O–H groups in total. The Balaban J connectivity index is 1.36. The molecule has 2 aliphatic rings. The second-order valence-corrected chi connectivity index (χ2v) is 8.68. The molecule has 0 bridgehead atoms. The van der Waals surface area contributed by atoms with Gasteiger partial charge < -0.3 is 14.1 Å². The van der Waals surface area contributed by atoms with Crippen molar-refractivity contribution in [2.75, 3.05) is 13.7 Å². The number of nitrogens with zero attached hydrogens (tertiary/aromatic N) is 2. The number of carbonyl (C=O) groups is 2. The van der Waals surface area contributed by atoms with Gasteiger partial charge in [-0.05, 0) is 61.6 Å². The molecular weight excluding hydrogens is 430 g/mol. The van der Waals surface area contributed by atoms with Crippen molar-refractivity contribution >= 4 is 17.5 Å². The zero-order valence-electron chi connectivity index (χ0n) is 19.4. The number of carbonyl (C=O) groups excluding carboxylic acids is 2. The lowest BCUT2D eigenvalue weighted by Crippen LogP contribution is -2.36. The van der Waals surface area contributed by atoms with E-state index in [0.29, 0.717) is 36.6 Å². The number of hydrazone groups is 1. The Hall–Kier alpha value is -3.87. The molecule has 1 aliphatic heterocycles. The van der Waals surface area contributed by atoms with Crippen molar-refractivity contribution in [1.29, 1.82) is 0 Å². The summed E-state index contributed by atoms with van der Waals surface area (Å²) < 4.78 is 11.2. The van der Waals surface area contributed by atoms with Crippen molar-refractivity contribution in [3.63, 3.8) is 0 Å². The number of rotatable bonds is 4. The van der Waals surface area contributed by atoms with E-state index in [2.05, 4.69) is 22.7 Å². The zero-order chi connectivity index (χ0) is 23.7. The minimum Gasteiger partial charge on any atom is -0.497 e. The maximum Gasteiger partial charge on any atom is 0.290 e. The number of ether oxygens (including phenoxy) is 1. The van der Waals surface area contributed by atoms with Crippen molar-refractivity contribution in [2.24, 2.45) is 5.10 Å². The molecule has 0 unspecified atom stereocenters. The first kappa shape index (κ1) is 21.9. The van der Waals surface area contributed by atoms with Gasteiger partial charge in [0.05, 0.1) is 12.8 Å². The van der Waals surface area contributed by atoms with Crippen LogP contribution in [0.15, 0.2) is 58.0 Å². The standard InChI is InChI=1S/C27H27N3O4/c1-17-24-22(28-29-26(31)19-10-12-21(33-2)13-11-19)8-5-9-23(24)34-25(17)27(32)30-15-14-18-6-3-4-7-20(18)16-30/h3-4,6-7,10-13H,5,8-9,14-16H2,1-2H3,(H,29,31)/b28-22+. The van der Waals surface area contributed by atoms with Crippen LogP contribution in [0.1, 0.15) is 61.8 Å². The van der Waals surface area contributed by atoms with Gasteiger partial charge in [0.25, 0.3) is 11.8 Å². The van der Waals surface area contributed by atoms with Crippen molar-refractivity contribution in [3.05, 3.63) is 87.9 Å². The van der Waals surface area contributed by atoms with Gasteiger partial charge in [0.1, 0.15) is 11.5 Å². The molecule has 1 aromatic heterocycles. The first-order chi connectivity index (χ1) is 16.5. The van der Waals surface area contributed by atoms with E-state index in [1.807, 2.05) is 24.0 Å². The van der Waals surface area contributed by atoms with E-state index in [0.717, 1.165) is 41.9 Å². The number of aryl methyl sites for hydroxylation is 1. The predicted octanol–water partition coefficient (Wildman–Crippen LogP) is 4.27. The molecule has 7 nitrogen and oxygen atoms in total. The quantitative estimate of drug-likeness (QED) is 0.593. The van der Waals surface area contributed by atoms with Gasteiger partial charge >= 0.3 is 0 Å². The first-order valence-corrected chi connectivity index (χ1v) is 11.5. The number of hydrogen-bond donors (Lipinski definition) is 1. The van der Waals surface area contributed by atoms with Gasteiger partial charge in [-0.1, -0.05) is 24.3 Å². The van der Waals surface area contributed by atoms with E-state index >= 15 is 0 Å². The van der Waals surface area contributed by atoms with Gasteiger partial charge in [0, 0.05) is 36.2 Å². The Labute approximate surface area is 198 Å². The third-order valence-corrected chi connectivity index (χ3v) is 6.58. The molecule has 3 aromatic rings. The lowest BCUT2D eigenvalue weighted by atomic mass is 9.93. The maximum atomic E-state index is 13.4. The monoisotopic (exact) mass is 457 g/mol. The van der Waals surface area contributed by atoms with Crippen LogP contribution in [0.2, 0.25) is 0 Å². The van der Waals surface area contributed by atoms with Crippen LogP contribution in [0, 0.1) is 6.92 Å². The molecule has 0 saturated heterocycles. The van der Waals surface area contributed by atoms with Crippen LogP contribution in [-0.2, 0) is 19.4 Å². The lowest BCUT2D eigenvalue weighted by Gasteiger charge is -2.28. The summed E-state index contributed by atoms with van der Waals surface area (Å²) in [5.74, 6) is 1.43. The van der Waals surface area contributed by atoms with Crippen LogP contribution in [0.25, 0.3) is 0 Å². The minimum atomic E-state index is -0.299. The van der Waals surface area contributed by atoms with Crippen LogP contribution in [0.5, 0.6) is 5.75 Å². The third-order valence-electron chi connectivity index (χ3n) is 6.58. The molecule has 0 atom stereocenters. The zero-order valence-corrected chi connectivity index (χ0v) is 19.4. The predicted molar refractivity (Wildman–Crippen MR) is 128 cm³/mol. The van der Waals surface area contributed by atoms with Crippen LogP contribution in [0.4, 0.5) is 0 Å². The average Bonchev–Trinajstić information content (AvgIpc) is 3.23. The highest BCUT2D eigenvalue weighted by Gasteiger charge is 2.31. The molecule has 0 radical (unpaired) electrons. The summed E-state index contributed by atoms with van der Waals surface area (Å²) in [7, 11) is 1.58. The Morgan fingerprint density at radius 3 is 2.56 bits per heavy atom. The highest BCUT2D eigenvalue weighted by Crippen LogP contribution is 2.31. The number of hydrogen-bond acceptors (Lipinski definition) is 5. The largest absolute Gasteiger partial charge is 0.497 e. The summed E-state index contributed by atoms with van der Waals surface area (Å²) in [6.07, 6.45) is 3.14. The highest BCUT2D eigenvalue weighted by molar-refractivity contribution is 6.07. The third kappa shape index (κ3) is 4.09. The minimum absolute atomic E-state index is 0.0944. The number of amides is 2. The normalized spacial score (nSPS) is 16.1. The van der Waals surface area contributed by atoms with E-state index in [9.17, 15) is 9.59 Å². The second kappa shape index (κ2) is 9.17.